The summed E-state index contributed by atoms with van der Waals surface area (Å²) in [5.41, 5.74) is -0.302. The average Bonchev–Trinajstić information content (AvgIpc) is 2.85. The highest BCUT2D eigenvalue weighted by atomic mass is 79.9. The van der Waals surface area contributed by atoms with E-state index in [-0.39, 0.29) is 21.1 Å². The quantitative estimate of drug-likeness (QED) is 0.480. The summed E-state index contributed by atoms with van der Waals surface area (Å²) in [7, 11) is -3.90. The second kappa shape index (κ2) is 5.97. The van der Waals surface area contributed by atoms with Gasteiger partial charge in [-0.25, -0.2) is 13.1 Å². The molecule has 1 aromatic rings. The SMILES string of the molecule is N#CN1CCC(NS(=O)(=O)c2cc([N+](=O)[O-])ccc2Br)C1. The van der Waals surface area contributed by atoms with Crippen molar-refractivity contribution in [2.75, 3.05) is 13.1 Å². The van der Waals surface area contributed by atoms with Crippen LogP contribution in [0.15, 0.2) is 27.6 Å². The van der Waals surface area contributed by atoms with E-state index in [1.54, 1.807) is 0 Å². The molecule has 2 rings (SSSR count). The van der Waals surface area contributed by atoms with Gasteiger partial charge < -0.3 is 4.90 Å². The Bertz CT molecular complexity index is 715. The van der Waals surface area contributed by atoms with Gasteiger partial charge in [0.15, 0.2) is 6.19 Å². The van der Waals surface area contributed by atoms with Crippen molar-refractivity contribution in [1.29, 1.82) is 5.26 Å². The Morgan fingerprint density at radius 1 is 1.52 bits per heavy atom. The third kappa shape index (κ3) is 3.49. The molecule has 1 aliphatic heterocycles. The zero-order valence-electron chi connectivity index (χ0n) is 10.7. The largest absolute Gasteiger partial charge is 0.309 e. The van der Waals surface area contributed by atoms with Gasteiger partial charge in [-0.1, -0.05) is 0 Å². The van der Waals surface area contributed by atoms with Crippen molar-refractivity contribution in [2.45, 2.75) is 17.4 Å². The minimum atomic E-state index is -3.90. The molecule has 0 bridgehead atoms. The van der Waals surface area contributed by atoms with Crippen LogP contribution in [0.25, 0.3) is 0 Å². The van der Waals surface area contributed by atoms with Gasteiger partial charge in [0, 0.05) is 35.7 Å². The molecule has 1 N–H and O–H groups in total. The molecular formula is C11H11BrN4O4S. The molecule has 0 aromatic heterocycles. The number of nitrogens with zero attached hydrogens (tertiary/aromatic N) is 3. The number of halogens is 1. The van der Waals surface area contributed by atoms with Crippen LogP contribution < -0.4 is 4.72 Å². The van der Waals surface area contributed by atoms with Crippen LogP contribution in [0.1, 0.15) is 6.42 Å². The summed E-state index contributed by atoms with van der Waals surface area (Å²) in [5.74, 6) is 0. The van der Waals surface area contributed by atoms with E-state index >= 15 is 0 Å². The number of likely N-dealkylation sites (tertiary alicyclic amines) is 1. The summed E-state index contributed by atoms with van der Waals surface area (Å²) in [6, 6.07) is 3.16. The molecule has 1 aromatic carbocycles. The first-order valence-corrected chi connectivity index (χ1v) is 8.22. The van der Waals surface area contributed by atoms with Crippen LogP contribution in [0.2, 0.25) is 0 Å². The van der Waals surface area contributed by atoms with E-state index in [1.807, 2.05) is 6.19 Å². The summed E-state index contributed by atoms with van der Waals surface area (Å²) in [6.45, 7) is 0.780. The number of nitriles is 1. The lowest BCUT2D eigenvalue weighted by atomic mass is 10.3. The molecule has 1 unspecified atom stereocenters. The van der Waals surface area contributed by atoms with E-state index in [2.05, 4.69) is 20.7 Å². The third-order valence-electron chi connectivity index (χ3n) is 3.07. The lowest BCUT2D eigenvalue weighted by molar-refractivity contribution is -0.385. The van der Waals surface area contributed by atoms with Crippen molar-refractivity contribution in [3.8, 4) is 6.19 Å². The van der Waals surface area contributed by atoms with E-state index in [1.165, 1.54) is 17.0 Å². The van der Waals surface area contributed by atoms with Crippen LogP contribution in [0.5, 0.6) is 0 Å². The van der Waals surface area contributed by atoms with Crippen molar-refractivity contribution in [3.05, 3.63) is 32.8 Å². The summed E-state index contributed by atoms with van der Waals surface area (Å²) in [6.07, 6.45) is 2.47. The summed E-state index contributed by atoms with van der Waals surface area (Å²) >= 11 is 3.09. The first-order valence-electron chi connectivity index (χ1n) is 5.94. The number of hydrogen-bond acceptors (Lipinski definition) is 6. The minimum absolute atomic E-state index is 0.188. The molecule has 10 heteroatoms. The van der Waals surface area contributed by atoms with Gasteiger partial charge in [0.1, 0.15) is 4.90 Å². The highest BCUT2D eigenvalue weighted by Gasteiger charge is 2.28. The standard InChI is InChI=1S/C11H11BrN4O4S/c12-10-2-1-9(16(17)18)5-11(10)21(19,20)14-8-3-4-15(6-8)7-13/h1-2,5,8,14H,3-4,6H2. The first kappa shape index (κ1) is 15.7. The van der Waals surface area contributed by atoms with Gasteiger partial charge in [-0.3, -0.25) is 10.1 Å². The number of nitrogens with one attached hydrogen (secondary N) is 1. The van der Waals surface area contributed by atoms with E-state index in [4.69, 9.17) is 5.26 Å². The van der Waals surface area contributed by atoms with Gasteiger partial charge in [-0.2, -0.15) is 5.26 Å². The van der Waals surface area contributed by atoms with Gasteiger partial charge in [0.25, 0.3) is 5.69 Å². The van der Waals surface area contributed by atoms with Gasteiger partial charge in [0.2, 0.25) is 10.0 Å². The summed E-state index contributed by atoms with van der Waals surface area (Å²) < 4.78 is 27.3. The number of benzene rings is 1. The Hall–Kier alpha value is -1.70. The number of sulfonamides is 1. The Morgan fingerprint density at radius 3 is 2.81 bits per heavy atom. The smallest absolute Gasteiger partial charge is 0.270 e. The molecule has 1 fully saturated rings. The number of nitro benzene ring substituents is 1. The molecule has 0 radical (unpaired) electrons. The van der Waals surface area contributed by atoms with Crippen molar-refractivity contribution < 1.29 is 13.3 Å². The molecule has 21 heavy (non-hydrogen) atoms. The van der Waals surface area contributed by atoms with Crippen LogP contribution in [0, 0.1) is 21.6 Å². The second-order valence-corrected chi connectivity index (χ2v) is 7.06. The molecule has 0 saturated carbocycles. The molecule has 1 atom stereocenters. The number of nitro groups is 1. The van der Waals surface area contributed by atoms with Crippen LogP contribution in [-0.4, -0.2) is 37.4 Å². The predicted molar refractivity (Wildman–Crippen MR) is 76.7 cm³/mol. The third-order valence-corrected chi connectivity index (χ3v) is 5.58. The van der Waals surface area contributed by atoms with E-state index in [0.29, 0.717) is 19.5 Å². The fraction of sp³-hybridized carbons (Fsp3) is 0.364. The first-order chi connectivity index (χ1) is 9.83. The second-order valence-electron chi connectivity index (χ2n) is 4.52. The monoisotopic (exact) mass is 374 g/mol. The molecular weight excluding hydrogens is 364 g/mol. The minimum Gasteiger partial charge on any atom is -0.309 e. The van der Waals surface area contributed by atoms with Gasteiger partial charge in [-0.05, 0) is 28.4 Å². The normalized spacial score (nSPS) is 18.5. The average molecular weight is 375 g/mol. The maximum Gasteiger partial charge on any atom is 0.270 e. The summed E-state index contributed by atoms with van der Waals surface area (Å²) in [4.78, 5) is 11.4. The molecule has 1 aliphatic rings. The van der Waals surface area contributed by atoms with Gasteiger partial charge in [0.05, 0.1) is 4.92 Å². The number of rotatable bonds is 4. The molecule has 0 amide bonds. The number of hydrogen-bond donors (Lipinski definition) is 1. The van der Waals surface area contributed by atoms with Crippen molar-refractivity contribution in [2.24, 2.45) is 0 Å². The fourth-order valence-electron chi connectivity index (χ4n) is 2.04. The van der Waals surface area contributed by atoms with Crippen LogP contribution in [0.4, 0.5) is 5.69 Å². The molecule has 0 aliphatic carbocycles. The van der Waals surface area contributed by atoms with Crippen molar-refractivity contribution in [1.82, 2.24) is 9.62 Å². The fourth-order valence-corrected chi connectivity index (χ4v) is 4.29. The van der Waals surface area contributed by atoms with Gasteiger partial charge in [-0.15, -0.1) is 0 Å². The highest BCUT2D eigenvalue weighted by molar-refractivity contribution is 9.10. The zero-order valence-corrected chi connectivity index (χ0v) is 13.1. The Balaban J connectivity index is 2.26. The Morgan fingerprint density at radius 2 is 2.24 bits per heavy atom. The zero-order chi connectivity index (χ0) is 15.6. The highest BCUT2D eigenvalue weighted by Crippen LogP contribution is 2.27. The molecule has 0 spiro atoms. The van der Waals surface area contributed by atoms with E-state index in [0.717, 1.165) is 6.07 Å². The lowest BCUT2D eigenvalue weighted by Gasteiger charge is -2.13. The lowest BCUT2D eigenvalue weighted by Crippen LogP contribution is -2.36. The topological polar surface area (TPSA) is 116 Å². The Kier molecular flexibility index (Phi) is 4.46. The Labute approximate surface area is 129 Å². The maximum atomic E-state index is 12.3. The molecule has 112 valence electrons. The van der Waals surface area contributed by atoms with E-state index in [9.17, 15) is 18.5 Å². The predicted octanol–water partition coefficient (Wildman–Crippen LogP) is 1.19. The van der Waals surface area contributed by atoms with Crippen molar-refractivity contribution >= 4 is 31.6 Å². The van der Waals surface area contributed by atoms with Crippen molar-refractivity contribution in [3.63, 3.8) is 0 Å². The summed E-state index contributed by atoms with van der Waals surface area (Å²) in [5, 5.41) is 19.5. The molecule has 1 heterocycles. The van der Waals surface area contributed by atoms with E-state index < -0.39 is 14.9 Å². The molecule has 8 nitrogen and oxygen atoms in total. The van der Waals surface area contributed by atoms with Gasteiger partial charge >= 0.3 is 0 Å². The van der Waals surface area contributed by atoms with Crippen LogP contribution in [0.3, 0.4) is 0 Å². The molecule has 1 saturated heterocycles. The van der Waals surface area contributed by atoms with Crippen LogP contribution >= 0.6 is 15.9 Å². The number of non-ortho nitro benzene ring substituents is 1. The van der Waals surface area contributed by atoms with Crippen LogP contribution in [-0.2, 0) is 10.0 Å². The maximum absolute atomic E-state index is 12.3.